The second kappa shape index (κ2) is 17.0. The molecule has 0 fully saturated rings. The molecule has 3 aromatic rings. The number of hydroxylamine groups is 1. The summed E-state index contributed by atoms with van der Waals surface area (Å²) in [4.78, 5) is 17.7. The van der Waals surface area contributed by atoms with E-state index in [4.69, 9.17) is 38.0 Å². The van der Waals surface area contributed by atoms with E-state index in [2.05, 4.69) is 5.48 Å². The van der Waals surface area contributed by atoms with E-state index in [1.54, 1.807) is 12.1 Å². The van der Waals surface area contributed by atoms with Crippen LogP contribution in [0, 0.1) is 0 Å². The van der Waals surface area contributed by atoms with Gasteiger partial charge in [0.05, 0.1) is 33.0 Å². The summed E-state index contributed by atoms with van der Waals surface area (Å²) in [6.07, 6.45) is -0.602. The predicted octanol–water partition coefficient (Wildman–Crippen LogP) is 3.58. The summed E-state index contributed by atoms with van der Waals surface area (Å²) in [6.45, 7) is 2.61. The summed E-state index contributed by atoms with van der Waals surface area (Å²) >= 11 is 0. The molecule has 0 unspecified atom stereocenters. The van der Waals surface area contributed by atoms with Crippen molar-refractivity contribution in [2.75, 3.05) is 59.5 Å². The number of amides is 1. The molecular weight excluding hydrogens is 518 g/mol. The van der Waals surface area contributed by atoms with Gasteiger partial charge >= 0.3 is 0 Å². The van der Waals surface area contributed by atoms with Crippen molar-refractivity contribution in [3.63, 3.8) is 0 Å². The number of para-hydroxylation sites is 4. The summed E-state index contributed by atoms with van der Waals surface area (Å²) in [5, 5.41) is 0. The van der Waals surface area contributed by atoms with E-state index in [1.807, 2.05) is 66.7 Å². The Kier molecular flexibility index (Phi) is 12.4. The number of hydrogen-bond acceptors (Lipinski definition) is 9. The number of hydrogen-bond donors (Lipinski definition) is 1. The minimum Gasteiger partial charge on any atom is -0.487 e. The van der Waals surface area contributed by atoms with Crippen LogP contribution in [0.1, 0.15) is 5.56 Å². The van der Waals surface area contributed by atoms with Gasteiger partial charge in [-0.1, -0.05) is 54.6 Å². The van der Waals surface area contributed by atoms with Crippen LogP contribution in [0.25, 0.3) is 0 Å². The molecule has 0 radical (unpaired) electrons. The van der Waals surface area contributed by atoms with Gasteiger partial charge in [0.1, 0.15) is 39.1 Å². The van der Waals surface area contributed by atoms with Crippen molar-refractivity contribution >= 4 is 5.91 Å². The Morgan fingerprint density at radius 2 is 1.12 bits per heavy atom. The van der Waals surface area contributed by atoms with Crippen molar-refractivity contribution in [1.29, 1.82) is 0 Å². The molecule has 214 valence electrons. The van der Waals surface area contributed by atoms with E-state index in [0.29, 0.717) is 62.6 Å². The number of benzene rings is 3. The fourth-order valence-corrected chi connectivity index (χ4v) is 3.63. The Hall–Kier alpha value is -3.83. The molecule has 1 N–H and O–H groups in total. The van der Waals surface area contributed by atoms with Crippen molar-refractivity contribution in [3.8, 4) is 23.0 Å². The fraction of sp³-hybridized carbons (Fsp3) is 0.367. The van der Waals surface area contributed by atoms with Crippen molar-refractivity contribution < 1.29 is 42.8 Å². The van der Waals surface area contributed by atoms with E-state index < -0.39 is 12.0 Å². The SMILES string of the molecule is O=C(COC1COc2ccccc2OCCOCCOCCOc2ccccc2OC1)NOCc1ccccc1. The summed E-state index contributed by atoms with van der Waals surface area (Å²) in [5.41, 5.74) is 3.34. The molecule has 1 amide bonds. The lowest BCUT2D eigenvalue weighted by atomic mass is 10.2. The molecule has 1 aliphatic heterocycles. The summed E-state index contributed by atoms with van der Waals surface area (Å²) in [6, 6.07) is 24.2. The molecule has 10 heteroatoms. The molecule has 3 aromatic carbocycles. The third-order valence-corrected chi connectivity index (χ3v) is 5.61. The van der Waals surface area contributed by atoms with Crippen LogP contribution in [0.2, 0.25) is 0 Å². The van der Waals surface area contributed by atoms with Gasteiger partial charge in [0.2, 0.25) is 0 Å². The summed E-state index contributed by atoms with van der Waals surface area (Å²) < 4.78 is 40.8. The number of carbonyl (C=O) groups excluding carboxylic acids is 1. The molecule has 10 nitrogen and oxygen atoms in total. The van der Waals surface area contributed by atoms with Crippen LogP contribution in [0.5, 0.6) is 23.0 Å². The van der Waals surface area contributed by atoms with Gasteiger partial charge in [0.15, 0.2) is 23.0 Å². The molecule has 0 saturated heterocycles. The standard InChI is InChI=1S/C30H35NO9/c32-30(31-40-20-24-8-2-1-3-9-24)23-37-25-21-38-28-12-6-4-10-26(28)35-18-16-33-14-15-34-17-19-36-27-11-5-7-13-29(27)39-22-25/h1-13,25H,14-23H2,(H,31,32). The molecule has 1 aliphatic rings. The normalized spacial score (nSPS) is 15.7. The van der Waals surface area contributed by atoms with Gasteiger partial charge in [-0.05, 0) is 29.8 Å². The monoisotopic (exact) mass is 553 g/mol. The van der Waals surface area contributed by atoms with Crippen molar-refractivity contribution in [2.45, 2.75) is 12.7 Å². The quantitative estimate of drug-likeness (QED) is 0.459. The Bertz CT molecular complexity index is 1090. The van der Waals surface area contributed by atoms with Crippen molar-refractivity contribution in [3.05, 3.63) is 84.4 Å². The maximum Gasteiger partial charge on any atom is 0.269 e. The van der Waals surface area contributed by atoms with Gasteiger partial charge in [-0.3, -0.25) is 9.63 Å². The number of rotatable bonds is 6. The summed E-state index contributed by atoms with van der Waals surface area (Å²) in [5.74, 6) is 1.80. The highest BCUT2D eigenvalue weighted by Crippen LogP contribution is 2.28. The molecule has 0 aliphatic carbocycles. The zero-order chi connectivity index (χ0) is 27.7. The Balaban J connectivity index is 1.38. The Morgan fingerprint density at radius 3 is 1.68 bits per heavy atom. The predicted molar refractivity (Wildman–Crippen MR) is 146 cm³/mol. The Morgan fingerprint density at radius 1 is 0.650 bits per heavy atom. The maximum atomic E-state index is 12.4. The lowest BCUT2D eigenvalue weighted by molar-refractivity contribution is -0.142. The first-order valence-electron chi connectivity index (χ1n) is 13.2. The van der Waals surface area contributed by atoms with Crippen molar-refractivity contribution in [2.24, 2.45) is 0 Å². The average molecular weight is 554 g/mol. The minimum atomic E-state index is -0.602. The van der Waals surface area contributed by atoms with E-state index in [0.717, 1.165) is 5.56 Å². The van der Waals surface area contributed by atoms with Gasteiger partial charge < -0.3 is 33.2 Å². The number of fused-ring (bicyclic) bond motifs is 2. The molecule has 0 bridgehead atoms. The fourth-order valence-electron chi connectivity index (χ4n) is 3.63. The highest BCUT2D eigenvalue weighted by atomic mass is 16.7. The highest BCUT2D eigenvalue weighted by molar-refractivity contribution is 5.76. The van der Waals surface area contributed by atoms with Crippen LogP contribution in [0.15, 0.2) is 78.9 Å². The van der Waals surface area contributed by atoms with E-state index in [9.17, 15) is 4.79 Å². The largest absolute Gasteiger partial charge is 0.487 e. The van der Waals surface area contributed by atoms with Crippen LogP contribution in [-0.2, 0) is 30.4 Å². The number of carbonyl (C=O) groups is 1. The minimum absolute atomic E-state index is 0.103. The van der Waals surface area contributed by atoms with E-state index in [-0.39, 0.29) is 26.4 Å². The molecule has 0 atom stereocenters. The number of ether oxygens (including phenoxy) is 7. The first-order chi connectivity index (χ1) is 19.8. The second-order valence-electron chi connectivity index (χ2n) is 8.67. The molecule has 1 heterocycles. The first kappa shape index (κ1) is 29.2. The third-order valence-electron chi connectivity index (χ3n) is 5.61. The van der Waals surface area contributed by atoms with Crippen LogP contribution < -0.4 is 24.4 Å². The maximum absolute atomic E-state index is 12.4. The smallest absolute Gasteiger partial charge is 0.269 e. The van der Waals surface area contributed by atoms with Crippen LogP contribution in [0.4, 0.5) is 0 Å². The van der Waals surface area contributed by atoms with E-state index in [1.165, 1.54) is 0 Å². The van der Waals surface area contributed by atoms with E-state index >= 15 is 0 Å². The average Bonchev–Trinajstić information content (AvgIpc) is 2.99. The molecule has 0 saturated carbocycles. The second-order valence-corrected chi connectivity index (χ2v) is 8.67. The van der Waals surface area contributed by atoms with Gasteiger partial charge in [-0.25, -0.2) is 5.48 Å². The van der Waals surface area contributed by atoms with Crippen molar-refractivity contribution in [1.82, 2.24) is 5.48 Å². The third kappa shape index (κ3) is 10.4. The lowest BCUT2D eigenvalue weighted by Crippen LogP contribution is -2.34. The van der Waals surface area contributed by atoms with Gasteiger partial charge in [-0.15, -0.1) is 0 Å². The van der Waals surface area contributed by atoms with Gasteiger partial charge in [0, 0.05) is 0 Å². The zero-order valence-corrected chi connectivity index (χ0v) is 22.3. The number of nitrogens with one attached hydrogen (secondary N) is 1. The topological polar surface area (TPSA) is 103 Å². The molecule has 0 aromatic heterocycles. The molecule has 4 rings (SSSR count). The Labute approximate surface area is 233 Å². The van der Waals surface area contributed by atoms with Crippen LogP contribution in [0.3, 0.4) is 0 Å². The lowest BCUT2D eigenvalue weighted by Gasteiger charge is -2.21. The van der Waals surface area contributed by atoms with Crippen LogP contribution in [-0.4, -0.2) is 71.5 Å². The van der Waals surface area contributed by atoms with Crippen LogP contribution >= 0.6 is 0 Å². The summed E-state index contributed by atoms with van der Waals surface area (Å²) in [7, 11) is 0. The highest BCUT2D eigenvalue weighted by Gasteiger charge is 2.17. The zero-order valence-electron chi connectivity index (χ0n) is 22.3. The molecule has 40 heavy (non-hydrogen) atoms. The molecule has 0 spiro atoms. The molecular formula is C30H35NO9. The first-order valence-corrected chi connectivity index (χ1v) is 13.2. The van der Waals surface area contributed by atoms with Gasteiger partial charge in [0.25, 0.3) is 5.91 Å². The van der Waals surface area contributed by atoms with Gasteiger partial charge in [-0.2, -0.15) is 0 Å².